The summed E-state index contributed by atoms with van der Waals surface area (Å²) in [6.07, 6.45) is 1.85. The smallest absolute Gasteiger partial charge is 0.00404 e. The Labute approximate surface area is 95.7 Å². The molecule has 0 aliphatic carbocycles. The molecule has 2 aromatic carbocycles. The average molecular weight is 212 g/mol. The Hall–Kier alpha value is -1.47. The summed E-state index contributed by atoms with van der Waals surface area (Å²) in [4.78, 5) is 0.987. The lowest BCUT2D eigenvalue weighted by Crippen LogP contribution is -1.78. The van der Waals surface area contributed by atoms with E-state index in [2.05, 4.69) is 55.6 Å². The lowest BCUT2D eigenvalue weighted by Gasteiger charge is -2.02. The van der Waals surface area contributed by atoms with E-state index in [1.165, 1.54) is 11.1 Å². The van der Waals surface area contributed by atoms with Crippen LogP contribution in [0.25, 0.3) is 17.2 Å². The highest BCUT2D eigenvalue weighted by atomic mass is 32.1. The maximum atomic E-state index is 4.26. The number of benzene rings is 2. The van der Waals surface area contributed by atoms with Crippen molar-refractivity contribution in [2.45, 2.75) is 4.90 Å². The predicted molar refractivity (Wildman–Crippen MR) is 69.2 cm³/mol. The second kappa shape index (κ2) is 4.37. The molecular weight excluding hydrogens is 200 g/mol. The Morgan fingerprint density at radius 2 is 1.27 bits per heavy atom. The summed E-state index contributed by atoms with van der Waals surface area (Å²) in [5, 5.41) is 0. The molecule has 0 fully saturated rings. The van der Waals surface area contributed by atoms with E-state index in [1.54, 1.807) is 0 Å². The third kappa shape index (κ3) is 2.31. The van der Waals surface area contributed by atoms with Gasteiger partial charge in [-0.3, -0.25) is 0 Å². The van der Waals surface area contributed by atoms with Gasteiger partial charge in [-0.15, -0.1) is 12.6 Å². The fourth-order valence-electron chi connectivity index (χ4n) is 1.47. The van der Waals surface area contributed by atoms with Crippen molar-refractivity contribution in [1.82, 2.24) is 0 Å². The number of thiol groups is 1. The first-order valence-electron chi connectivity index (χ1n) is 4.81. The zero-order chi connectivity index (χ0) is 10.7. The summed E-state index contributed by atoms with van der Waals surface area (Å²) in [7, 11) is 0. The Balaban J connectivity index is 2.37. The first kappa shape index (κ1) is 10.1. The molecule has 0 aliphatic rings. The van der Waals surface area contributed by atoms with Gasteiger partial charge in [0.2, 0.25) is 0 Å². The van der Waals surface area contributed by atoms with Crippen LogP contribution < -0.4 is 0 Å². The Bertz CT molecular complexity index is 452. The largest absolute Gasteiger partial charge is 0.143 e. The monoisotopic (exact) mass is 212 g/mol. The van der Waals surface area contributed by atoms with Gasteiger partial charge >= 0.3 is 0 Å². The molecule has 1 heteroatoms. The van der Waals surface area contributed by atoms with E-state index in [4.69, 9.17) is 0 Å². The Kier molecular flexibility index (Phi) is 2.93. The van der Waals surface area contributed by atoms with Crippen LogP contribution in [0.3, 0.4) is 0 Å². The highest BCUT2D eigenvalue weighted by molar-refractivity contribution is 7.80. The standard InChI is InChI=1S/C14H12S/c1-2-11-3-5-12(6-4-11)13-7-9-14(15)10-8-13/h2-10,15H,1H2. The van der Waals surface area contributed by atoms with Crippen molar-refractivity contribution < 1.29 is 0 Å². The molecule has 0 amide bonds. The zero-order valence-electron chi connectivity index (χ0n) is 8.35. The molecule has 15 heavy (non-hydrogen) atoms. The molecule has 0 aromatic heterocycles. The first-order chi connectivity index (χ1) is 7.29. The topological polar surface area (TPSA) is 0 Å². The van der Waals surface area contributed by atoms with Gasteiger partial charge in [0, 0.05) is 4.90 Å². The van der Waals surface area contributed by atoms with Crippen LogP contribution in [0.1, 0.15) is 5.56 Å². The second-order valence-corrected chi connectivity index (χ2v) is 3.89. The van der Waals surface area contributed by atoms with Crippen molar-refractivity contribution in [3.8, 4) is 11.1 Å². The minimum atomic E-state index is 0.987. The van der Waals surface area contributed by atoms with Crippen molar-refractivity contribution in [3.63, 3.8) is 0 Å². The first-order valence-corrected chi connectivity index (χ1v) is 5.26. The summed E-state index contributed by atoms with van der Waals surface area (Å²) in [6, 6.07) is 16.5. The van der Waals surface area contributed by atoms with Gasteiger partial charge in [-0.05, 0) is 28.8 Å². The third-order valence-electron chi connectivity index (χ3n) is 2.35. The predicted octanol–water partition coefficient (Wildman–Crippen LogP) is 4.29. The summed E-state index contributed by atoms with van der Waals surface area (Å²) in [5.41, 5.74) is 3.57. The highest BCUT2D eigenvalue weighted by Crippen LogP contribution is 2.21. The minimum Gasteiger partial charge on any atom is -0.143 e. The lowest BCUT2D eigenvalue weighted by atomic mass is 10.0. The molecule has 0 atom stereocenters. The third-order valence-corrected chi connectivity index (χ3v) is 2.65. The second-order valence-electron chi connectivity index (χ2n) is 3.37. The van der Waals surface area contributed by atoms with E-state index >= 15 is 0 Å². The van der Waals surface area contributed by atoms with Crippen molar-refractivity contribution in [3.05, 3.63) is 60.7 Å². The van der Waals surface area contributed by atoms with Crippen LogP contribution >= 0.6 is 12.6 Å². The summed E-state index contributed by atoms with van der Waals surface area (Å²) >= 11 is 4.26. The Morgan fingerprint density at radius 1 is 0.800 bits per heavy atom. The molecule has 0 nitrogen and oxygen atoms in total. The van der Waals surface area contributed by atoms with Crippen LogP contribution in [0.15, 0.2) is 60.0 Å². The molecule has 0 heterocycles. The summed E-state index contributed by atoms with van der Waals surface area (Å²) in [5.74, 6) is 0. The number of hydrogen-bond donors (Lipinski definition) is 1. The van der Waals surface area contributed by atoms with Gasteiger partial charge in [0.1, 0.15) is 0 Å². The van der Waals surface area contributed by atoms with Gasteiger partial charge in [-0.2, -0.15) is 0 Å². The van der Waals surface area contributed by atoms with E-state index in [1.807, 2.05) is 18.2 Å². The SMILES string of the molecule is C=Cc1ccc(-c2ccc(S)cc2)cc1. The van der Waals surface area contributed by atoms with Crippen LogP contribution in [0.4, 0.5) is 0 Å². The molecule has 0 spiro atoms. The minimum absolute atomic E-state index is 0.987. The van der Waals surface area contributed by atoms with Gasteiger partial charge < -0.3 is 0 Å². The van der Waals surface area contributed by atoms with E-state index < -0.39 is 0 Å². The fourth-order valence-corrected chi connectivity index (χ4v) is 1.61. The summed E-state index contributed by atoms with van der Waals surface area (Å²) in [6.45, 7) is 3.73. The molecule has 0 saturated carbocycles. The maximum absolute atomic E-state index is 4.26. The molecule has 0 bridgehead atoms. The number of rotatable bonds is 2. The van der Waals surface area contributed by atoms with Crippen LogP contribution in [-0.4, -0.2) is 0 Å². The van der Waals surface area contributed by atoms with E-state index in [-0.39, 0.29) is 0 Å². The molecule has 0 N–H and O–H groups in total. The molecule has 0 saturated heterocycles. The van der Waals surface area contributed by atoms with Gasteiger partial charge in [0.25, 0.3) is 0 Å². The van der Waals surface area contributed by atoms with Crippen LogP contribution in [-0.2, 0) is 0 Å². The fraction of sp³-hybridized carbons (Fsp3) is 0. The van der Waals surface area contributed by atoms with Crippen molar-refractivity contribution in [2.24, 2.45) is 0 Å². The van der Waals surface area contributed by atoms with Crippen molar-refractivity contribution in [2.75, 3.05) is 0 Å². The van der Waals surface area contributed by atoms with E-state index in [0.717, 1.165) is 10.5 Å². The van der Waals surface area contributed by atoms with Crippen molar-refractivity contribution >= 4 is 18.7 Å². The van der Waals surface area contributed by atoms with Gasteiger partial charge in [-0.25, -0.2) is 0 Å². The van der Waals surface area contributed by atoms with Crippen molar-refractivity contribution in [1.29, 1.82) is 0 Å². The quantitative estimate of drug-likeness (QED) is 0.705. The van der Waals surface area contributed by atoms with Gasteiger partial charge in [0.15, 0.2) is 0 Å². The maximum Gasteiger partial charge on any atom is 0.00404 e. The summed E-state index contributed by atoms with van der Waals surface area (Å²) < 4.78 is 0. The van der Waals surface area contributed by atoms with Gasteiger partial charge in [0.05, 0.1) is 0 Å². The molecule has 0 aliphatic heterocycles. The molecule has 2 rings (SSSR count). The van der Waals surface area contributed by atoms with Crippen LogP contribution in [0.2, 0.25) is 0 Å². The molecule has 2 aromatic rings. The Morgan fingerprint density at radius 3 is 1.73 bits per heavy atom. The average Bonchev–Trinajstić information content (AvgIpc) is 2.30. The van der Waals surface area contributed by atoms with E-state index in [0.29, 0.717) is 0 Å². The number of hydrogen-bond acceptors (Lipinski definition) is 1. The molecule has 0 unspecified atom stereocenters. The highest BCUT2D eigenvalue weighted by Gasteiger charge is 1.96. The zero-order valence-corrected chi connectivity index (χ0v) is 9.24. The molecular formula is C14H12S. The lowest BCUT2D eigenvalue weighted by molar-refractivity contribution is 1.47. The van der Waals surface area contributed by atoms with Gasteiger partial charge in [-0.1, -0.05) is 49.1 Å². The van der Waals surface area contributed by atoms with E-state index in [9.17, 15) is 0 Å². The van der Waals surface area contributed by atoms with Crippen LogP contribution in [0, 0.1) is 0 Å². The normalized spacial score (nSPS) is 9.93. The molecule has 74 valence electrons. The molecule has 0 radical (unpaired) electrons. The van der Waals surface area contributed by atoms with Crippen LogP contribution in [0.5, 0.6) is 0 Å².